The van der Waals surface area contributed by atoms with Crippen molar-refractivity contribution in [3.8, 4) is 0 Å². The van der Waals surface area contributed by atoms with Gasteiger partial charge >= 0.3 is 5.97 Å². The molecule has 0 saturated carbocycles. The van der Waals surface area contributed by atoms with E-state index in [-0.39, 0.29) is 5.92 Å². The number of halogens is 1. The third kappa shape index (κ3) is 3.21. The van der Waals surface area contributed by atoms with Crippen LogP contribution in [0, 0.1) is 5.92 Å². The van der Waals surface area contributed by atoms with Crippen LogP contribution in [0.3, 0.4) is 0 Å². The number of carboxylic acid groups (broad SMARTS) is 1. The van der Waals surface area contributed by atoms with Crippen LogP contribution >= 0.6 is 11.6 Å². The smallest absolute Gasteiger partial charge is 0.307 e. The van der Waals surface area contributed by atoms with Crippen molar-refractivity contribution in [3.05, 3.63) is 17.2 Å². The Morgan fingerprint density at radius 1 is 1.75 bits per heavy atom. The summed E-state index contributed by atoms with van der Waals surface area (Å²) in [5, 5.41) is 9.37. The Kier molecular flexibility index (Phi) is 4.32. The molecule has 16 heavy (non-hydrogen) atoms. The second kappa shape index (κ2) is 5.32. The van der Waals surface area contributed by atoms with Gasteiger partial charge in [-0.05, 0) is 7.05 Å². The molecule has 90 valence electrons. The average molecular weight is 246 g/mol. The first-order valence-corrected chi connectivity index (χ1v) is 5.37. The fraction of sp³-hybridized carbons (Fsp3) is 0.600. The highest BCUT2D eigenvalue weighted by Crippen LogP contribution is 2.11. The van der Waals surface area contributed by atoms with Gasteiger partial charge < -0.3 is 9.67 Å². The maximum Gasteiger partial charge on any atom is 0.307 e. The minimum atomic E-state index is -0.787. The van der Waals surface area contributed by atoms with Crippen LogP contribution in [0.2, 0.25) is 5.15 Å². The van der Waals surface area contributed by atoms with E-state index in [0.717, 1.165) is 5.82 Å². The van der Waals surface area contributed by atoms with Gasteiger partial charge in [0.05, 0.1) is 18.7 Å². The lowest BCUT2D eigenvalue weighted by atomic mass is 10.2. The van der Waals surface area contributed by atoms with E-state index >= 15 is 0 Å². The predicted molar refractivity (Wildman–Crippen MR) is 61.4 cm³/mol. The van der Waals surface area contributed by atoms with Gasteiger partial charge in [-0.1, -0.05) is 18.5 Å². The number of hydrogen-bond donors (Lipinski definition) is 1. The topological polar surface area (TPSA) is 58.4 Å². The summed E-state index contributed by atoms with van der Waals surface area (Å²) in [7, 11) is 3.70. The van der Waals surface area contributed by atoms with Gasteiger partial charge in [-0.25, -0.2) is 4.98 Å². The van der Waals surface area contributed by atoms with Crippen molar-refractivity contribution in [2.75, 3.05) is 13.6 Å². The molecule has 0 spiro atoms. The van der Waals surface area contributed by atoms with Crippen LogP contribution < -0.4 is 0 Å². The summed E-state index contributed by atoms with van der Waals surface area (Å²) >= 11 is 5.86. The molecule has 0 aliphatic rings. The third-order valence-corrected chi connectivity index (χ3v) is 2.80. The molecule has 0 aliphatic carbocycles. The molecule has 1 atom stereocenters. The van der Waals surface area contributed by atoms with E-state index in [2.05, 4.69) is 4.98 Å². The normalized spacial score (nSPS) is 13.1. The van der Waals surface area contributed by atoms with Gasteiger partial charge in [0.25, 0.3) is 0 Å². The summed E-state index contributed by atoms with van der Waals surface area (Å²) in [5.74, 6) is -0.351. The minimum Gasteiger partial charge on any atom is -0.481 e. The van der Waals surface area contributed by atoms with Crippen LogP contribution in [0.25, 0.3) is 0 Å². The van der Waals surface area contributed by atoms with Gasteiger partial charge in [0.1, 0.15) is 11.0 Å². The molecular weight excluding hydrogens is 230 g/mol. The van der Waals surface area contributed by atoms with Crippen LogP contribution in [-0.2, 0) is 18.4 Å². The van der Waals surface area contributed by atoms with Crippen LogP contribution in [0.4, 0.5) is 0 Å². The molecule has 1 aromatic heterocycles. The monoisotopic (exact) mass is 245 g/mol. The summed E-state index contributed by atoms with van der Waals surface area (Å²) in [5.41, 5.74) is 0. The first kappa shape index (κ1) is 13.0. The van der Waals surface area contributed by atoms with Crippen molar-refractivity contribution in [1.29, 1.82) is 0 Å². The largest absolute Gasteiger partial charge is 0.481 e. The quantitative estimate of drug-likeness (QED) is 0.848. The van der Waals surface area contributed by atoms with Crippen molar-refractivity contribution in [1.82, 2.24) is 14.5 Å². The van der Waals surface area contributed by atoms with Gasteiger partial charge in [-0.3, -0.25) is 9.69 Å². The first-order chi connectivity index (χ1) is 7.41. The van der Waals surface area contributed by atoms with Crippen LogP contribution in [0.15, 0.2) is 6.20 Å². The Hall–Kier alpha value is -1.07. The predicted octanol–water partition coefficient (Wildman–Crippen LogP) is 1.23. The number of hydrogen-bond acceptors (Lipinski definition) is 3. The Labute approximate surface area is 99.6 Å². The fourth-order valence-corrected chi connectivity index (χ4v) is 1.57. The number of imidazole rings is 1. The summed E-state index contributed by atoms with van der Waals surface area (Å²) in [4.78, 5) is 16.8. The summed E-state index contributed by atoms with van der Waals surface area (Å²) in [6.07, 6.45) is 1.59. The van der Waals surface area contributed by atoms with E-state index in [0.29, 0.717) is 18.2 Å². The van der Waals surface area contributed by atoms with Gasteiger partial charge in [0.2, 0.25) is 0 Å². The lowest BCUT2D eigenvalue weighted by Gasteiger charge is -2.18. The van der Waals surface area contributed by atoms with E-state index in [9.17, 15) is 4.79 Å². The SMILES string of the molecule is CC(CN(C)Cc1ncc(Cl)n1C)C(=O)O. The standard InChI is InChI=1S/C10H16ClN3O2/c1-7(10(15)16)5-13(2)6-9-12-4-8(11)14(9)3/h4,7H,5-6H2,1-3H3,(H,15,16). The van der Waals surface area contributed by atoms with Crippen LogP contribution in [0.1, 0.15) is 12.7 Å². The van der Waals surface area contributed by atoms with E-state index in [1.54, 1.807) is 17.7 Å². The molecular formula is C10H16ClN3O2. The average Bonchev–Trinajstić information content (AvgIpc) is 2.49. The molecule has 5 nitrogen and oxygen atoms in total. The number of rotatable bonds is 5. The Morgan fingerprint density at radius 3 is 2.81 bits per heavy atom. The molecule has 0 amide bonds. The Balaban J connectivity index is 2.55. The lowest BCUT2D eigenvalue weighted by molar-refractivity contribution is -0.141. The lowest BCUT2D eigenvalue weighted by Crippen LogP contribution is -2.29. The van der Waals surface area contributed by atoms with Crippen molar-refractivity contribution < 1.29 is 9.90 Å². The second-order valence-corrected chi connectivity index (χ2v) is 4.38. The molecule has 1 aromatic rings. The number of aromatic nitrogens is 2. The molecule has 0 fully saturated rings. The van der Waals surface area contributed by atoms with E-state index in [4.69, 9.17) is 16.7 Å². The van der Waals surface area contributed by atoms with E-state index in [1.807, 2.05) is 19.0 Å². The van der Waals surface area contributed by atoms with Crippen molar-refractivity contribution in [2.24, 2.45) is 13.0 Å². The zero-order chi connectivity index (χ0) is 12.3. The zero-order valence-corrected chi connectivity index (χ0v) is 10.4. The molecule has 1 rings (SSSR count). The molecule has 1 unspecified atom stereocenters. The van der Waals surface area contributed by atoms with Crippen molar-refractivity contribution >= 4 is 17.6 Å². The number of aliphatic carboxylic acids is 1. The molecule has 0 aromatic carbocycles. The molecule has 6 heteroatoms. The van der Waals surface area contributed by atoms with Gasteiger partial charge in [0.15, 0.2) is 0 Å². The highest BCUT2D eigenvalue weighted by atomic mass is 35.5. The van der Waals surface area contributed by atoms with Gasteiger partial charge in [0, 0.05) is 13.6 Å². The summed E-state index contributed by atoms with van der Waals surface area (Å²) < 4.78 is 1.78. The molecule has 0 aliphatic heterocycles. The molecule has 0 saturated heterocycles. The molecule has 0 bridgehead atoms. The highest BCUT2D eigenvalue weighted by Gasteiger charge is 2.15. The summed E-state index contributed by atoms with van der Waals surface area (Å²) in [6, 6.07) is 0. The maximum atomic E-state index is 10.7. The molecule has 1 N–H and O–H groups in total. The Morgan fingerprint density at radius 2 is 2.38 bits per heavy atom. The second-order valence-electron chi connectivity index (χ2n) is 3.99. The fourth-order valence-electron chi connectivity index (χ4n) is 1.42. The molecule has 1 heterocycles. The van der Waals surface area contributed by atoms with Crippen molar-refractivity contribution in [2.45, 2.75) is 13.5 Å². The highest BCUT2D eigenvalue weighted by molar-refractivity contribution is 6.29. The number of carboxylic acids is 1. The number of carbonyl (C=O) groups is 1. The van der Waals surface area contributed by atoms with Gasteiger partial charge in [-0.2, -0.15) is 0 Å². The zero-order valence-electron chi connectivity index (χ0n) is 9.64. The van der Waals surface area contributed by atoms with E-state index in [1.165, 1.54) is 0 Å². The minimum absolute atomic E-state index is 0.388. The maximum absolute atomic E-state index is 10.7. The van der Waals surface area contributed by atoms with Crippen LogP contribution in [0.5, 0.6) is 0 Å². The third-order valence-electron chi connectivity index (χ3n) is 2.45. The van der Waals surface area contributed by atoms with E-state index < -0.39 is 5.97 Å². The first-order valence-electron chi connectivity index (χ1n) is 4.99. The molecule has 0 radical (unpaired) electrons. The van der Waals surface area contributed by atoms with Crippen molar-refractivity contribution in [3.63, 3.8) is 0 Å². The summed E-state index contributed by atoms with van der Waals surface area (Å²) in [6.45, 7) is 2.75. The number of nitrogens with zero attached hydrogens (tertiary/aromatic N) is 3. The van der Waals surface area contributed by atoms with Gasteiger partial charge in [-0.15, -0.1) is 0 Å². The van der Waals surface area contributed by atoms with Crippen LogP contribution in [-0.4, -0.2) is 39.1 Å². The Bertz CT molecular complexity index is 378.